The maximum absolute atomic E-state index is 12.2. The predicted octanol–water partition coefficient (Wildman–Crippen LogP) is 3.55. The summed E-state index contributed by atoms with van der Waals surface area (Å²) in [5, 5.41) is 19.5. The third-order valence-corrected chi connectivity index (χ3v) is 5.88. The lowest BCUT2D eigenvalue weighted by molar-refractivity contribution is 0.0691. The van der Waals surface area contributed by atoms with Gasteiger partial charge in [-0.3, -0.25) is 4.79 Å². The monoisotopic (exact) mass is 380 g/mol. The molecule has 4 rings (SSSR count). The zero-order valence-electron chi connectivity index (χ0n) is 15.9. The Kier molecular flexibility index (Phi) is 4.71. The maximum Gasteiger partial charge on any atom is 0.345 e. The number of H-pyrrole nitrogens is 1. The van der Waals surface area contributed by atoms with E-state index in [0.29, 0.717) is 23.6 Å². The van der Waals surface area contributed by atoms with Gasteiger partial charge < -0.3 is 20.1 Å². The van der Waals surface area contributed by atoms with Gasteiger partial charge >= 0.3 is 5.97 Å². The number of aromatic hydroxyl groups is 1. The highest BCUT2D eigenvalue weighted by atomic mass is 16.4. The van der Waals surface area contributed by atoms with Crippen molar-refractivity contribution >= 4 is 11.7 Å². The molecule has 6 nitrogen and oxygen atoms in total. The van der Waals surface area contributed by atoms with Crippen LogP contribution in [0, 0.1) is 5.92 Å². The number of aromatic nitrogens is 1. The molecule has 1 aromatic heterocycles. The minimum atomic E-state index is -1.43. The predicted molar refractivity (Wildman–Crippen MR) is 108 cm³/mol. The topological polar surface area (TPSA) is 93.6 Å². The normalized spacial score (nSPS) is 18.7. The lowest BCUT2D eigenvalue weighted by atomic mass is 9.91. The van der Waals surface area contributed by atoms with Gasteiger partial charge in [0.25, 0.3) is 5.56 Å². The lowest BCUT2D eigenvalue weighted by Crippen LogP contribution is -2.20. The summed E-state index contributed by atoms with van der Waals surface area (Å²) in [4.78, 5) is 28.4. The van der Waals surface area contributed by atoms with Crippen LogP contribution >= 0.6 is 0 Å². The number of hydrogen-bond donors (Lipinski definition) is 3. The van der Waals surface area contributed by atoms with Crippen LogP contribution < -0.4 is 10.5 Å². The number of carbonyl (C=O) groups is 1. The van der Waals surface area contributed by atoms with E-state index in [1.165, 1.54) is 19.3 Å². The molecule has 1 aromatic carbocycles. The Morgan fingerprint density at radius 1 is 1.29 bits per heavy atom. The highest BCUT2D eigenvalue weighted by Gasteiger charge is 2.29. The second-order valence-electron chi connectivity index (χ2n) is 7.52. The molecule has 0 amide bonds. The van der Waals surface area contributed by atoms with Gasteiger partial charge in [-0.15, -0.1) is 0 Å². The smallest absolute Gasteiger partial charge is 0.345 e. The molecule has 0 radical (unpaired) electrons. The van der Waals surface area contributed by atoms with Gasteiger partial charge in [0.1, 0.15) is 5.75 Å². The fourth-order valence-corrected chi connectivity index (χ4v) is 4.41. The van der Waals surface area contributed by atoms with Crippen LogP contribution in [-0.2, 0) is 6.42 Å². The van der Waals surface area contributed by atoms with Crippen LogP contribution in [-0.4, -0.2) is 34.3 Å². The Balaban J connectivity index is 1.66. The number of carboxylic acid groups (broad SMARTS) is 1. The van der Waals surface area contributed by atoms with Crippen LogP contribution in [0.3, 0.4) is 0 Å². The Bertz CT molecular complexity index is 1000. The van der Waals surface area contributed by atoms with E-state index in [0.717, 1.165) is 24.3 Å². The number of nitrogens with one attached hydrogen (secondary N) is 1. The molecule has 1 saturated heterocycles. The van der Waals surface area contributed by atoms with Crippen molar-refractivity contribution in [1.82, 2.24) is 4.98 Å². The van der Waals surface area contributed by atoms with Crippen LogP contribution in [0.2, 0.25) is 0 Å². The number of carboxylic acids is 1. The Morgan fingerprint density at radius 3 is 2.68 bits per heavy atom. The second-order valence-corrected chi connectivity index (χ2v) is 7.52. The van der Waals surface area contributed by atoms with Crippen molar-refractivity contribution in [2.24, 2.45) is 5.92 Å². The standard InChI is InChI=1S/C22H24N2O4/c1-2-17-19(23-21(26)18(20(17)25)22(27)28)13-7-9-16(10-8-13)24-11-14-5-3-4-6-15(14)12-24/h5,7-10,15H,2-4,6,11-12H2,1H3,(H,27,28)(H2,23,25,26)/t15-/m1/s1. The number of fused-ring (bicyclic) bond motifs is 1. The Labute approximate surface area is 163 Å². The van der Waals surface area contributed by atoms with E-state index >= 15 is 0 Å². The van der Waals surface area contributed by atoms with Gasteiger partial charge in [0.05, 0.1) is 5.69 Å². The van der Waals surface area contributed by atoms with E-state index in [1.807, 2.05) is 31.2 Å². The molecule has 0 unspecified atom stereocenters. The molecule has 1 fully saturated rings. The van der Waals surface area contributed by atoms with Crippen molar-refractivity contribution in [1.29, 1.82) is 0 Å². The number of benzene rings is 1. The summed E-state index contributed by atoms with van der Waals surface area (Å²) in [6.45, 7) is 3.82. The Morgan fingerprint density at radius 2 is 2.04 bits per heavy atom. The Hall–Kier alpha value is -3.02. The van der Waals surface area contributed by atoms with Crippen molar-refractivity contribution in [3.8, 4) is 17.0 Å². The number of allylic oxidation sites excluding steroid dienone is 1. The number of pyridine rings is 1. The zero-order chi connectivity index (χ0) is 19.8. The van der Waals surface area contributed by atoms with Crippen LogP contribution in [0.25, 0.3) is 11.3 Å². The van der Waals surface area contributed by atoms with Crippen LogP contribution in [0.1, 0.15) is 42.1 Å². The first-order valence-electron chi connectivity index (χ1n) is 9.75. The maximum atomic E-state index is 12.2. The van der Waals surface area contributed by atoms with Gasteiger partial charge in [0.2, 0.25) is 0 Å². The zero-order valence-corrected chi connectivity index (χ0v) is 15.9. The number of aromatic carboxylic acids is 1. The number of anilines is 1. The van der Waals surface area contributed by atoms with Gasteiger partial charge in [-0.25, -0.2) is 4.79 Å². The highest BCUT2D eigenvalue weighted by molar-refractivity contribution is 5.92. The summed E-state index contributed by atoms with van der Waals surface area (Å²) < 4.78 is 0. The number of rotatable bonds is 4. The summed E-state index contributed by atoms with van der Waals surface area (Å²) in [7, 11) is 0. The van der Waals surface area contributed by atoms with Crippen molar-refractivity contribution < 1.29 is 15.0 Å². The van der Waals surface area contributed by atoms with Crippen molar-refractivity contribution in [2.45, 2.75) is 32.6 Å². The molecule has 0 bridgehead atoms. The lowest BCUT2D eigenvalue weighted by Gasteiger charge is -2.19. The van der Waals surface area contributed by atoms with E-state index in [-0.39, 0.29) is 0 Å². The molecule has 2 aliphatic rings. The number of aromatic amines is 1. The van der Waals surface area contributed by atoms with Crippen LogP contribution in [0.15, 0.2) is 40.7 Å². The molecule has 2 heterocycles. The van der Waals surface area contributed by atoms with E-state index in [4.69, 9.17) is 0 Å². The van der Waals surface area contributed by atoms with Gasteiger partial charge in [0.15, 0.2) is 5.56 Å². The first-order valence-corrected chi connectivity index (χ1v) is 9.75. The molecule has 6 heteroatoms. The number of nitrogens with zero attached hydrogens (tertiary/aromatic N) is 1. The fraction of sp³-hybridized carbons (Fsp3) is 0.364. The highest BCUT2D eigenvalue weighted by Crippen LogP contribution is 2.36. The molecule has 0 saturated carbocycles. The molecule has 1 atom stereocenters. The summed E-state index contributed by atoms with van der Waals surface area (Å²) in [6.07, 6.45) is 6.50. The number of hydrogen-bond acceptors (Lipinski definition) is 4. The minimum Gasteiger partial charge on any atom is -0.506 e. The first-order chi connectivity index (χ1) is 13.5. The third kappa shape index (κ3) is 3.09. The molecule has 2 aromatic rings. The van der Waals surface area contributed by atoms with Crippen molar-refractivity contribution in [3.63, 3.8) is 0 Å². The average Bonchev–Trinajstić information content (AvgIpc) is 3.11. The molecular weight excluding hydrogens is 356 g/mol. The molecule has 1 aliphatic heterocycles. The SMILES string of the molecule is CCc1c(-c2ccc(N3CC4=CCCC[C@@H]4C3)cc2)[nH]c(=O)c(C(=O)O)c1O. The average molecular weight is 380 g/mol. The van der Waals surface area contributed by atoms with E-state index in [1.54, 1.807) is 5.57 Å². The van der Waals surface area contributed by atoms with Crippen LogP contribution in [0.4, 0.5) is 5.69 Å². The minimum absolute atomic E-state index is 0.405. The summed E-state index contributed by atoms with van der Waals surface area (Å²) in [5.74, 6) is -1.22. The van der Waals surface area contributed by atoms with Gasteiger partial charge in [-0.2, -0.15) is 0 Å². The molecule has 28 heavy (non-hydrogen) atoms. The molecule has 0 spiro atoms. The summed E-state index contributed by atoms with van der Waals surface area (Å²) >= 11 is 0. The van der Waals surface area contributed by atoms with Gasteiger partial charge in [0, 0.05) is 24.3 Å². The largest absolute Gasteiger partial charge is 0.506 e. The van der Waals surface area contributed by atoms with E-state index in [9.17, 15) is 19.8 Å². The molecule has 3 N–H and O–H groups in total. The second kappa shape index (κ2) is 7.19. The van der Waals surface area contributed by atoms with Crippen molar-refractivity contribution in [3.05, 3.63) is 57.4 Å². The molecule has 146 valence electrons. The summed E-state index contributed by atoms with van der Waals surface area (Å²) in [5.41, 5.74) is 2.93. The first kappa shape index (κ1) is 18.3. The van der Waals surface area contributed by atoms with Crippen LogP contribution in [0.5, 0.6) is 5.75 Å². The molecular formula is C22H24N2O4. The van der Waals surface area contributed by atoms with Gasteiger partial charge in [-0.1, -0.05) is 30.7 Å². The van der Waals surface area contributed by atoms with Crippen molar-refractivity contribution in [2.75, 3.05) is 18.0 Å². The third-order valence-electron chi connectivity index (χ3n) is 5.88. The summed E-state index contributed by atoms with van der Waals surface area (Å²) in [6, 6.07) is 7.87. The van der Waals surface area contributed by atoms with E-state index in [2.05, 4.69) is 16.0 Å². The molecule has 1 aliphatic carbocycles. The van der Waals surface area contributed by atoms with E-state index < -0.39 is 22.8 Å². The fourth-order valence-electron chi connectivity index (χ4n) is 4.41. The quantitative estimate of drug-likeness (QED) is 0.705. The van der Waals surface area contributed by atoms with Gasteiger partial charge in [-0.05, 0) is 49.3 Å².